The highest BCUT2D eigenvalue weighted by atomic mass is 14.7. The Morgan fingerprint density at radius 3 is 2.80 bits per heavy atom. The van der Waals surface area contributed by atoms with Crippen LogP contribution in [-0.2, 0) is 6.42 Å². The Balaban J connectivity index is 2.48. The summed E-state index contributed by atoms with van der Waals surface area (Å²) in [7, 11) is 0. The second-order valence-electron chi connectivity index (χ2n) is 4.34. The number of hydrogen-bond donors (Lipinski definition) is 0. The Bertz CT molecular complexity index is 390. The Hall–Kier alpha value is -1.11. The quantitative estimate of drug-likeness (QED) is 0.721. The van der Waals surface area contributed by atoms with E-state index in [4.69, 9.17) is 0 Å². The van der Waals surface area contributed by atoms with Crippen LogP contribution in [0, 0.1) is 0 Å². The molecule has 2 rings (SSSR count). The van der Waals surface area contributed by atoms with E-state index in [0.717, 1.165) is 6.42 Å². The highest BCUT2D eigenvalue weighted by Gasteiger charge is 2.23. The normalized spacial score (nSPS) is 18.9. The van der Waals surface area contributed by atoms with E-state index in [9.17, 15) is 0 Å². The predicted molar refractivity (Wildman–Crippen MR) is 64.9 cm³/mol. The number of pyridine rings is 1. The smallest absolute Gasteiger partial charge is 0.0549 e. The maximum Gasteiger partial charge on any atom is 0.0549 e. The second kappa shape index (κ2) is 4.18. The molecular formula is C14H19N. The van der Waals surface area contributed by atoms with Crippen molar-refractivity contribution in [3.63, 3.8) is 0 Å². The van der Waals surface area contributed by atoms with Crippen molar-refractivity contribution in [2.24, 2.45) is 0 Å². The lowest BCUT2D eigenvalue weighted by Crippen LogP contribution is -1.99. The van der Waals surface area contributed by atoms with E-state index in [1.54, 1.807) is 0 Å². The summed E-state index contributed by atoms with van der Waals surface area (Å²) >= 11 is 0. The van der Waals surface area contributed by atoms with Crippen molar-refractivity contribution < 1.29 is 0 Å². The molecule has 1 aromatic rings. The molecule has 1 aliphatic rings. The Labute approximate surface area is 92.2 Å². The summed E-state index contributed by atoms with van der Waals surface area (Å²) < 4.78 is 0. The monoisotopic (exact) mass is 201 g/mol. The van der Waals surface area contributed by atoms with Crippen molar-refractivity contribution in [1.82, 2.24) is 4.98 Å². The van der Waals surface area contributed by atoms with Crippen LogP contribution < -0.4 is 0 Å². The molecule has 0 saturated carbocycles. The molecule has 1 aliphatic carbocycles. The molecule has 1 atom stereocenters. The molecule has 1 unspecified atom stereocenters. The number of rotatable bonds is 3. The van der Waals surface area contributed by atoms with Gasteiger partial charge in [-0.3, -0.25) is 4.98 Å². The van der Waals surface area contributed by atoms with E-state index in [1.165, 1.54) is 35.2 Å². The summed E-state index contributed by atoms with van der Waals surface area (Å²) in [5.41, 5.74) is 5.65. The molecule has 0 amide bonds. The van der Waals surface area contributed by atoms with Gasteiger partial charge < -0.3 is 0 Å². The zero-order valence-corrected chi connectivity index (χ0v) is 9.88. The molecule has 0 aromatic carbocycles. The largest absolute Gasteiger partial charge is 0.260 e. The van der Waals surface area contributed by atoms with Crippen LogP contribution >= 0.6 is 0 Å². The SMILES string of the molecule is CCCc1ccnc2c1C(C)=CC2CC. The van der Waals surface area contributed by atoms with Crippen LogP contribution in [-0.4, -0.2) is 4.98 Å². The topological polar surface area (TPSA) is 12.9 Å². The summed E-state index contributed by atoms with van der Waals surface area (Å²) in [4.78, 5) is 4.55. The number of aryl methyl sites for hydroxylation is 1. The Kier molecular flexibility index (Phi) is 2.90. The third kappa shape index (κ3) is 1.71. The van der Waals surface area contributed by atoms with Gasteiger partial charge in [0, 0.05) is 17.7 Å². The summed E-state index contributed by atoms with van der Waals surface area (Å²) in [5.74, 6) is 0.553. The molecule has 1 heteroatoms. The predicted octanol–water partition coefficient (Wildman–Crippen LogP) is 3.94. The van der Waals surface area contributed by atoms with Gasteiger partial charge in [-0.25, -0.2) is 0 Å². The van der Waals surface area contributed by atoms with E-state index in [1.807, 2.05) is 6.20 Å². The van der Waals surface area contributed by atoms with Crippen LogP contribution in [0.1, 0.15) is 56.4 Å². The van der Waals surface area contributed by atoms with Crippen molar-refractivity contribution >= 4 is 5.57 Å². The van der Waals surface area contributed by atoms with E-state index < -0.39 is 0 Å². The van der Waals surface area contributed by atoms with Crippen molar-refractivity contribution in [2.75, 3.05) is 0 Å². The first-order chi connectivity index (χ1) is 7.27. The molecule has 0 bridgehead atoms. The van der Waals surface area contributed by atoms with Crippen LogP contribution in [0.25, 0.3) is 5.57 Å². The van der Waals surface area contributed by atoms with E-state index >= 15 is 0 Å². The minimum Gasteiger partial charge on any atom is -0.260 e. The van der Waals surface area contributed by atoms with E-state index in [2.05, 4.69) is 37.9 Å². The van der Waals surface area contributed by atoms with E-state index in [0.29, 0.717) is 5.92 Å². The van der Waals surface area contributed by atoms with Crippen LogP contribution in [0.2, 0.25) is 0 Å². The molecular weight excluding hydrogens is 182 g/mol. The molecule has 15 heavy (non-hydrogen) atoms. The van der Waals surface area contributed by atoms with Gasteiger partial charge >= 0.3 is 0 Å². The lowest BCUT2D eigenvalue weighted by molar-refractivity contribution is 0.783. The maximum absolute atomic E-state index is 4.55. The van der Waals surface area contributed by atoms with Crippen LogP contribution in [0.4, 0.5) is 0 Å². The number of hydrogen-bond acceptors (Lipinski definition) is 1. The Morgan fingerprint density at radius 1 is 1.33 bits per heavy atom. The summed E-state index contributed by atoms with van der Waals surface area (Å²) in [6.45, 7) is 6.69. The summed E-state index contributed by atoms with van der Waals surface area (Å²) in [6, 6.07) is 2.18. The first kappa shape index (κ1) is 10.4. The number of allylic oxidation sites excluding steroid dienone is 2. The zero-order valence-electron chi connectivity index (χ0n) is 9.88. The summed E-state index contributed by atoms with van der Waals surface area (Å²) in [6.07, 6.45) is 7.88. The maximum atomic E-state index is 4.55. The van der Waals surface area contributed by atoms with Gasteiger partial charge in [0.15, 0.2) is 0 Å². The summed E-state index contributed by atoms with van der Waals surface area (Å²) in [5, 5.41) is 0. The van der Waals surface area contributed by atoms with Gasteiger partial charge in [-0.2, -0.15) is 0 Å². The zero-order chi connectivity index (χ0) is 10.8. The van der Waals surface area contributed by atoms with Crippen molar-refractivity contribution in [3.05, 3.63) is 35.2 Å². The van der Waals surface area contributed by atoms with Gasteiger partial charge in [0.25, 0.3) is 0 Å². The fourth-order valence-corrected chi connectivity index (χ4v) is 2.51. The average molecular weight is 201 g/mol. The fourth-order valence-electron chi connectivity index (χ4n) is 2.51. The standard InChI is InChI=1S/C14H19N/c1-4-6-12-7-8-15-14-11(5-2)9-10(3)13(12)14/h7-9,11H,4-6H2,1-3H3. The second-order valence-corrected chi connectivity index (χ2v) is 4.34. The molecule has 0 fully saturated rings. The van der Waals surface area contributed by atoms with Gasteiger partial charge in [0.1, 0.15) is 0 Å². The van der Waals surface area contributed by atoms with Crippen molar-refractivity contribution in [3.8, 4) is 0 Å². The van der Waals surface area contributed by atoms with Gasteiger partial charge in [-0.05, 0) is 37.0 Å². The number of fused-ring (bicyclic) bond motifs is 1. The Morgan fingerprint density at radius 2 is 2.13 bits per heavy atom. The first-order valence-electron chi connectivity index (χ1n) is 5.94. The molecule has 80 valence electrons. The van der Waals surface area contributed by atoms with Gasteiger partial charge in [0.05, 0.1) is 5.69 Å². The highest BCUT2D eigenvalue weighted by molar-refractivity contribution is 5.74. The first-order valence-corrected chi connectivity index (χ1v) is 5.94. The van der Waals surface area contributed by atoms with E-state index in [-0.39, 0.29) is 0 Å². The minimum atomic E-state index is 0.553. The van der Waals surface area contributed by atoms with Crippen LogP contribution in [0.3, 0.4) is 0 Å². The van der Waals surface area contributed by atoms with Crippen molar-refractivity contribution in [2.45, 2.75) is 46.0 Å². The third-order valence-electron chi connectivity index (χ3n) is 3.22. The molecule has 1 heterocycles. The van der Waals surface area contributed by atoms with Crippen molar-refractivity contribution in [1.29, 1.82) is 0 Å². The molecule has 1 nitrogen and oxygen atoms in total. The fraction of sp³-hybridized carbons (Fsp3) is 0.500. The molecule has 0 aliphatic heterocycles. The molecule has 0 N–H and O–H groups in total. The average Bonchev–Trinajstić information content (AvgIpc) is 2.57. The molecule has 0 saturated heterocycles. The van der Waals surface area contributed by atoms with Gasteiger partial charge in [0.2, 0.25) is 0 Å². The molecule has 1 aromatic heterocycles. The number of nitrogens with zero attached hydrogens (tertiary/aromatic N) is 1. The number of aromatic nitrogens is 1. The lowest BCUT2D eigenvalue weighted by Gasteiger charge is -2.10. The molecule has 0 radical (unpaired) electrons. The van der Waals surface area contributed by atoms with Crippen LogP contribution in [0.5, 0.6) is 0 Å². The lowest BCUT2D eigenvalue weighted by atomic mass is 9.98. The van der Waals surface area contributed by atoms with Gasteiger partial charge in [-0.1, -0.05) is 26.3 Å². The minimum absolute atomic E-state index is 0.553. The third-order valence-corrected chi connectivity index (χ3v) is 3.22. The highest BCUT2D eigenvalue weighted by Crippen LogP contribution is 2.38. The van der Waals surface area contributed by atoms with Crippen LogP contribution in [0.15, 0.2) is 18.3 Å². The molecule has 0 spiro atoms. The van der Waals surface area contributed by atoms with Gasteiger partial charge in [-0.15, -0.1) is 0 Å².